The molecule has 0 aliphatic rings. The largest absolute Gasteiger partial charge is 0.465 e. The van der Waals surface area contributed by atoms with Crippen molar-refractivity contribution in [3.8, 4) is 11.3 Å². The number of methoxy groups -OCH3 is 1. The standard InChI is InChI=1S/C22H19N3O5/c1-14(26)24-18-5-3-4-17(12-18)21(27)25-23-13-19-10-11-20(30-19)15-6-8-16(9-7-15)22(28)29-2/h3-13H,1-2H3,(H,24,26)(H,25,27)/b23-13-. The average Bonchev–Trinajstić information content (AvgIpc) is 3.22. The highest BCUT2D eigenvalue weighted by Gasteiger charge is 2.08. The van der Waals surface area contributed by atoms with Gasteiger partial charge in [0, 0.05) is 23.7 Å². The molecule has 8 heteroatoms. The van der Waals surface area contributed by atoms with Gasteiger partial charge in [-0.15, -0.1) is 0 Å². The number of nitrogens with one attached hydrogen (secondary N) is 2. The van der Waals surface area contributed by atoms with Crippen LogP contribution in [0.2, 0.25) is 0 Å². The molecule has 0 aliphatic carbocycles. The van der Waals surface area contributed by atoms with E-state index in [1.54, 1.807) is 60.7 Å². The highest BCUT2D eigenvalue weighted by molar-refractivity contribution is 5.97. The molecule has 0 fully saturated rings. The van der Waals surface area contributed by atoms with Crippen LogP contribution in [0.3, 0.4) is 0 Å². The molecule has 152 valence electrons. The summed E-state index contributed by atoms with van der Waals surface area (Å²) >= 11 is 0. The molecule has 8 nitrogen and oxygen atoms in total. The molecule has 0 atom stereocenters. The molecule has 2 aromatic carbocycles. The van der Waals surface area contributed by atoms with Crippen molar-refractivity contribution in [2.24, 2.45) is 5.10 Å². The van der Waals surface area contributed by atoms with Gasteiger partial charge in [0.1, 0.15) is 11.5 Å². The van der Waals surface area contributed by atoms with Gasteiger partial charge in [0.2, 0.25) is 5.91 Å². The second-order valence-electron chi connectivity index (χ2n) is 6.23. The fourth-order valence-electron chi connectivity index (χ4n) is 2.63. The van der Waals surface area contributed by atoms with Gasteiger partial charge in [-0.25, -0.2) is 10.2 Å². The molecule has 1 heterocycles. The molecule has 0 radical (unpaired) electrons. The van der Waals surface area contributed by atoms with Gasteiger partial charge in [0.05, 0.1) is 18.9 Å². The fraction of sp³-hybridized carbons (Fsp3) is 0.0909. The molecule has 0 saturated heterocycles. The van der Waals surface area contributed by atoms with Crippen molar-refractivity contribution in [1.82, 2.24) is 5.43 Å². The number of rotatable bonds is 6. The molecular weight excluding hydrogens is 386 g/mol. The van der Waals surface area contributed by atoms with Crippen LogP contribution in [-0.2, 0) is 9.53 Å². The molecule has 0 bridgehead atoms. The van der Waals surface area contributed by atoms with Crippen LogP contribution in [0.1, 0.15) is 33.4 Å². The molecule has 30 heavy (non-hydrogen) atoms. The van der Waals surface area contributed by atoms with Gasteiger partial charge < -0.3 is 14.5 Å². The van der Waals surface area contributed by atoms with E-state index in [0.29, 0.717) is 28.3 Å². The zero-order valence-corrected chi connectivity index (χ0v) is 16.3. The molecule has 3 aromatic rings. The van der Waals surface area contributed by atoms with Crippen molar-refractivity contribution in [1.29, 1.82) is 0 Å². The lowest BCUT2D eigenvalue weighted by molar-refractivity contribution is -0.114. The third-order valence-corrected chi connectivity index (χ3v) is 4.02. The quantitative estimate of drug-likeness (QED) is 0.371. The van der Waals surface area contributed by atoms with Crippen LogP contribution in [0.25, 0.3) is 11.3 Å². The summed E-state index contributed by atoms with van der Waals surface area (Å²) in [7, 11) is 1.33. The normalized spacial score (nSPS) is 10.6. The molecule has 0 saturated carbocycles. The zero-order valence-electron chi connectivity index (χ0n) is 16.3. The number of hydrazone groups is 1. The Labute approximate surface area is 172 Å². The molecule has 0 spiro atoms. The molecule has 3 rings (SSSR count). The van der Waals surface area contributed by atoms with E-state index in [1.807, 2.05) is 0 Å². The lowest BCUT2D eigenvalue weighted by Gasteiger charge is -2.04. The second kappa shape index (κ2) is 9.33. The van der Waals surface area contributed by atoms with E-state index in [0.717, 1.165) is 5.56 Å². The third-order valence-electron chi connectivity index (χ3n) is 4.02. The minimum Gasteiger partial charge on any atom is -0.465 e. The maximum atomic E-state index is 12.2. The molecule has 2 N–H and O–H groups in total. The van der Waals surface area contributed by atoms with E-state index in [4.69, 9.17) is 4.42 Å². The van der Waals surface area contributed by atoms with E-state index in [2.05, 4.69) is 20.6 Å². The Bertz CT molecular complexity index is 1100. The first-order valence-electron chi connectivity index (χ1n) is 8.96. The number of esters is 1. The summed E-state index contributed by atoms with van der Waals surface area (Å²) in [5.41, 5.74) is 4.51. The first-order valence-corrected chi connectivity index (χ1v) is 8.96. The Kier molecular flexibility index (Phi) is 6.39. The van der Waals surface area contributed by atoms with Crippen molar-refractivity contribution in [2.45, 2.75) is 6.92 Å². The number of furan rings is 1. The lowest BCUT2D eigenvalue weighted by Crippen LogP contribution is -2.18. The number of ether oxygens (including phenoxy) is 1. The summed E-state index contributed by atoms with van der Waals surface area (Å²) < 4.78 is 10.4. The first kappa shape index (κ1) is 20.5. The molecular formula is C22H19N3O5. The van der Waals surface area contributed by atoms with E-state index < -0.39 is 11.9 Å². The van der Waals surface area contributed by atoms with Crippen molar-refractivity contribution in [2.75, 3.05) is 12.4 Å². The number of carbonyl (C=O) groups is 3. The van der Waals surface area contributed by atoms with Crippen LogP contribution < -0.4 is 10.7 Å². The number of carbonyl (C=O) groups excluding carboxylic acids is 3. The number of amides is 2. The van der Waals surface area contributed by atoms with Gasteiger partial charge in [0.25, 0.3) is 5.91 Å². The monoisotopic (exact) mass is 405 g/mol. The summed E-state index contributed by atoms with van der Waals surface area (Å²) in [6, 6.07) is 16.8. The van der Waals surface area contributed by atoms with Crippen LogP contribution in [0.15, 0.2) is 70.2 Å². The van der Waals surface area contributed by atoms with Crippen molar-refractivity contribution < 1.29 is 23.5 Å². The van der Waals surface area contributed by atoms with Crippen molar-refractivity contribution in [3.05, 3.63) is 77.6 Å². The van der Waals surface area contributed by atoms with Gasteiger partial charge in [0.15, 0.2) is 0 Å². The second-order valence-corrected chi connectivity index (χ2v) is 6.23. The van der Waals surface area contributed by atoms with Crippen molar-refractivity contribution >= 4 is 29.7 Å². The topological polar surface area (TPSA) is 110 Å². The molecule has 2 amide bonds. The van der Waals surface area contributed by atoms with Crippen LogP contribution >= 0.6 is 0 Å². The number of hydrogen-bond donors (Lipinski definition) is 2. The van der Waals surface area contributed by atoms with Crippen LogP contribution in [0.4, 0.5) is 5.69 Å². The highest BCUT2D eigenvalue weighted by Crippen LogP contribution is 2.22. The van der Waals surface area contributed by atoms with Crippen LogP contribution in [-0.4, -0.2) is 31.1 Å². The van der Waals surface area contributed by atoms with Crippen LogP contribution in [0.5, 0.6) is 0 Å². The minimum absolute atomic E-state index is 0.223. The van der Waals surface area contributed by atoms with E-state index in [1.165, 1.54) is 20.2 Å². The predicted octanol–water partition coefficient (Wildman–Crippen LogP) is 3.46. The first-order chi connectivity index (χ1) is 14.5. The highest BCUT2D eigenvalue weighted by atomic mass is 16.5. The van der Waals surface area contributed by atoms with Gasteiger partial charge in [-0.05, 0) is 42.5 Å². The van der Waals surface area contributed by atoms with E-state index in [9.17, 15) is 14.4 Å². The number of nitrogens with zero attached hydrogens (tertiary/aromatic N) is 1. The Morgan fingerprint density at radius 2 is 1.77 bits per heavy atom. The van der Waals surface area contributed by atoms with Gasteiger partial charge in [-0.1, -0.05) is 18.2 Å². The number of hydrogen-bond acceptors (Lipinski definition) is 6. The zero-order chi connectivity index (χ0) is 21.5. The maximum absolute atomic E-state index is 12.2. The Morgan fingerprint density at radius 1 is 1.00 bits per heavy atom. The third kappa shape index (κ3) is 5.20. The summed E-state index contributed by atoms with van der Waals surface area (Å²) in [4.78, 5) is 34.8. The fourth-order valence-corrected chi connectivity index (χ4v) is 2.63. The summed E-state index contributed by atoms with van der Waals surface area (Å²) in [5.74, 6) is -0.0357. The number of anilines is 1. The van der Waals surface area contributed by atoms with Crippen molar-refractivity contribution in [3.63, 3.8) is 0 Å². The van der Waals surface area contributed by atoms with Crippen LogP contribution in [0, 0.1) is 0 Å². The lowest BCUT2D eigenvalue weighted by atomic mass is 10.1. The Balaban J connectivity index is 1.62. The minimum atomic E-state index is -0.427. The summed E-state index contributed by atoms with van der Waals surface area (Å²) in [6.07, 6.45) is 1.38. The SMILES string of the molecule is COC(=O)c1ccc(-c2ccc(/C=N\NC(=O)c3cccc(NC(C)=O)c3)o2)cc1. The van der Waals surface area contributed by atoms with E-state index in [-0.39, 0.29) is 5.91 Å². The van der Waals surface area contributed by atoms with Gasteiger partial charge >= 0.3 is 5.97 Å². The molecule has 0 unspecified atom stereocenters. The smallest absolute Gasteiger partial charge is 0.337 e. The maximum Gasteiger partial charge on any atom is 0.337 e. The van der Waals surface area contributed by atoms with Gasteiger partial charge in [-0.3, -0.25) is 9.59 Å². The summed E-state index contributed by atoms with van der Waals surface area (Å²) in [5, 5.41) is 6.51. The Morgan fingerprint density at radius 3 is 2.47 bits per heavy atom. The van der Waals surface area contributed by atoms with E-state index >= 15 is 0 Å². The molecule has 0 aliphatic heterocycles. The Hall–Kier alpha value is -4.20. The molecule has 1 aromatic heterocycles. The predicted molar refractivity (Wildman–Crippen MR) is 111 cm³/mol. The van der Waals surface area contributed by atoms with Gasteiger partial charge in [-0.2, -0.15) is 5.10 Å². The number of benzene rings is 2. The summed E-state index contributed by atoms with van der Waals surface area (Å²) in [6.45, 7) is 1.39. The average molecular weight is 405 g/mol.